The number of halogens is 2. The summed E-state index contributed by atoms with van der Waals surface area (Å²) in [6.07, 6.45) is 0. The molecule has 0 bridgehead atoms. The summed E-state index contributed by atoms with van der Waals surface area (Å²) in [7, 11) is 1.64. The van der Waals surface area contributed by atoms with Crippen LogP contribution in [0.3, 0.4) is 0 Å². The normalized spacial score (nSPS) is 11.6. The third kappa shape index (κ3) is 5.98. The van der Waals surface area contributed by atoms with E-state index < -0.39 is 0 Å². The molecule has 6 heteroatoms. The van der Waals surface area contributed by atoms with Gasteiger partial charge in [0.25, 0.3) is 0 Å². The Balaban J connectivity index is 0.00000288. The first-order valence-electron chi connectivity index (χ1n) is 7.38. The molecule has 0 atom stereocenters. The first-order chi connectivity index (χ1) is 10.9. The van der Waals surface area contributed by atoms with E-state index in [1.54, 1.807) is 7.11 Å². The Morgan fingerprint density at radius 3 is 2.25 bits per heavy atom. The van der Waals surface area contributed by atoms with Gasteiger partial charge in [0.2, 0.25) is 0 Å². The largest absolute Gasteiger partial charge is 0.497 e. The van der Waals surface area contributed by atoms with E-state index in [4.69, 9.17) is 10.5 Å². The summed E-state index contributed by atoms with van der Waals surface area (Å²) in [5, 5.41) is 3.09. The van der Waals surface area contributed by atoms with E-state index in [2.05, 4.69) is 52.2 Å². The number of anilines is 1. The second-order valence-corrected chi connectivity index (χ2v) is 6.86. The van der Waals surface area contributed by atoms with E-state index in [0.29, 0.717) is 12.5 Å². The summed E-state index contributed by atoms with van der Waals surface area (Å²) in [6.45, 7) is 4.91. The van der Waals surface area contributed by atoms with Crippen molar-refractivity contribution >= 4 is 51.6 Å². The van der Waals surface area contributed by atoms with Crippen LogP contribution in [0.5, 0.6) is 5.75 Å². The summed E-state index contributed by atoms with van der Waals surface area (Å²) < 4.78 is 6.20. The van der Waals surface area contributed by atoms with Gasteiger partial charge >= 0.3 is 0 Å². The number of aliphatic imine (C=N–C) groups is 1. The molecule has 2 rings (SSSR count). The molecule has 0 aliphatic carbocycles. The van der Waals surface area contributed by atoms with Gasteiger partial charge in [-0.3, -0.25) is 4.99 Å². The molecule has 0 unspecified atom stereocenters. The van der Waals surface area contributed by atoms with Crippen LogP contribution in [-0.4, -0.2) is 19.6 Å². The van der Waals surface area contributed by atoms with Gasteiger partial charge < -0.3 is 15.8 Å². The highest BCUT2D eigenvalue weighted by molar-refractivity contribution is 14.0. The molecule has 4 nitrogen and oxygen atoms in total. The predicted molar refractivity (Wildman–Crippen MR) is 116 cm³/mol. The smallest absolute Gasteiger partial charge is 0.193 e. The molecule has 0 amide bonds. The number of methoxy groups -OCH3 is 1. The standard InChI is InChI=1S/C18H22BrN3O.HI/c1-18(2,13-4-6-14(19)7-5-13)12-21-17(20)22-15-8-10-16(23-3)11-9-15;/h4-11H,12H2,1-3H3,(H3,20,21,22);1H. The third-order valence-electron chi connectivity index (χ3n) is 3.63. The number of hydrogen-bond donors (Lipinski definition) is 2. The number of nitrogens with one attached hydrogen (secondary N) is 1. The van der Waals surface area contributed by atoms with Crippen molar-refractivity contribution in [3.05, 3.63) is 58.6 Å². The lowest BCUT2D eigenvalue weighted by atomic mass is 9.85. The molecule has 2 aromatic rings. The molecule has 0 saturated carbocycles. The molecule has 0 fully saturated rings. The molecule has 3 N–H and O–H groups in total. The summed E-state index contributed by atoms with van der Waals surface area (Å²) in [5.74, 6) is 1.21. The Hall–Kier alpha value is -1.28. The van der Waals surface area contributed by atoms with Crippen LogP contribution in [0.2, 0.25) is 0 Å². The monoisotopic (exact) mass is 503 g/mol. The molecule has 0 heterocycles. The summed E-state index contributed by atoms with van der Waals surface area (Å²) in [6, 6.07) is 15.9. The molecule has 0 aromatic heterocycles. The van der Waals surface area contributed by atoms with Gasteiger partial charge in [0, 0.05) is 15.6 Å². The predicted octanol–water partition coefficient (Wildman–Crippen LogP) is 4.78. The van der Waals surface area contributed by atoms with Crippen LogP contribution < -0.4 is 15.8 Å². The SMILES string of the molecule is COc1ccc(NC(N)=NCC(C)(C)c2ccc(Br)cc2)cc1.I. The lowest BCUT2D eigenvalue weighted by Crippen LogP contribution is -2.27. The quantitative estimate of drug-likeness (QED) is 0.350. The zero-order chi connectivity index (χ0) is 16.9. The van der Waals surface area contributed by atoms with Gasteiger partial charge in [0.05, 0.1) is 13.7 Å². The van der Waals surface area contributed by atoms with E-state index in [1.165, 1.54) is 5.56 Å². The molecule has 0 radical (unpaired) electrons. The van der Waals surface area contributed by atoms with E-state index in [9.17, 15) is 0 Å². The number of nitrogens with zero attached hydrogens (tertiary/aromatic N) is 1. The summed E-state index contributed by atoms with van der Waals surface area (Å²) in [5.41, 5.74) is 8.00. The van der Waals surface area contributed by atoms with Crippen molar-refractivity contribution in [3.63, 3.8) is 0 Å². The number of nitrogens with two attached hydrogens (primary N) is 1. The van der Waals surface area contributed by atoms with Crippen molar-refractivity contribution < 1.29 is 4.74 Å². The number of benzene rings is 2. The zero-order valence-electron chi connectivity index (χ0n) is 14.0. The highest BCUT2D eigenvalue weighted by Crippen LogP contribution is 2.25. The highest BCUT2D eigenvalue weighted by atomic mass is 127. The Morgan fingerprint density at radius 1 is 1.12 bits per heavy atom. The van der Waals surface area contributed by atoms with Crippen molar-refractivity contribution in [1.82, 2.24) is 0 Å². The lowest BCUT2D eigenvalue weighted by Gasteiger charge is -2.23. The van der Waals surface area contributed by atoms with Crippen molar-refractivity contribution in [2.45, 2.75) is 19.3 Å². The van der Waals surface area contributed by atoms with E-state index in [-0.39, 0.29) is 29.4 Å². The van der Waals surface area contributed by atoms with Crippen LogP contribution in [0, 0.1) is 0 Å². The molecule has 0 saturated heterocycles. The molecule has 0 aliphatic heterocycles. The molecule has 0 aliphatic rings. The molecule has 130 valence electrons. The van der Waals surface area contributed by atoms with Crippen molar-refractivity contribution in [3.8, 4) is 5.75 Å². The van der Waals surface area contributed by atoms with Crippen molar-refractivity contribution in [2.24, 2.45) is 10.7 Å². The zero-order valence-corrected chi connectivity index (χ0v) is 18.0. The van der Waals surface area contributed by atoms with Gasteiger partial charge in [-0.05, 0) is 42.0 Å². The highest BCUT2D eigenvalue weighted by Gasteiger charge is 2.20. The van der Waals surface area contributed by atoms with Crippen molar-refractivity contribution in [1.29, 1.82) is 0 Å². The lowest BCUT2D eigenvalue weighted by molar-refractivity contribution is 0.415. The second kappa shape index (κ2) is 9.27. The van der Waals surface area contributed by atoms with Gasteiger partial charge in [-0.15, -0.1) is 24.0 Å². The van der Waals surface area contributed by atoms with Gasteiger partial charge in [-0.2, -0.15) is 0 Å². The second-order valence-electron chi connectivity index (χ2n) is 5.95. The van der Waals surface area contributed by atoms with Gasteiger partial charge in [0.1, 0.15) is 5.75 Å². The minimum Gasteiger partial charge on any atom is -0.497 e. The third-order valence-corrected chi connectivity index (χ3v) is 4.16. The molecular formula is C18H23BrIN3O. The number of hydrogen-bond acceptors (Lipinski definition) is 2. The Labute approximate surface area is 169 Å². The van der Waals surface area contributed by atoms with Crippen molar-refractivity contribution in [2.75, 3.05) is 19.0 Å². The van der Waals surface area contributed by atoms with E-state index >= 15 is 0 Å². The Bertz CT molecular complexity index is 670. The first-order valence-corrected chi connectivity index (χ1v) is 8.17. The molecule has 2 aromatic carbocycles. The van der Waals surface area contributed by atoms with E-state index in [0.717, 1.165) is 15.9 Å². The maximum atomic E-state index is 5.99. The van der Waals surface area contributed by atoms with E-state index in [1.807, 2.05) is 36.4 Å². The minimum absolute atomic E-state index is 0. The van der Waals surface area contributed by atoms with Gasteiger partial charge in [-0.25, -0.2) is 0 Å². The fraction of sp³-hybridized carbons (Fsp3) is 0.278. The van der Waals surface area contributed by atoms with Crippen LogP contribution >= 0.6 is 39.9 Å². The summed E-state index contributed by atoms with van der Waals surface area (Å²) in [4.78, 5) is 4.47. The maximum Gasteiger partial charge on any atom is 0.193 e. The number of ether oxygens (including phenoxy) is 1. The minimum atomic E-state index is -0.0904. The fourth-order valence-electron chi connectivity index (χ4n) is 2.14. The summed E-state index contributed by atoms with van der Waals surface area (Å²) >= 11 is 3.46. The Morgan fingerprint density at radius 2 is 1.71 bits per heavy atom. The first kappa shape index (κ1) is 20.8. The molecule has 0 spiro atoms. The van der Waals surface area contributed by atoms with Gasteiger partial charge in [0.15, 0.2) is 5.96 Å². The van der Waals surface area contributed by atoms with Crippen LogP contribution in [0.15, 0.2) is 58.0 Å². The number of guanidine groups is 1. The topological polar surface area (TPSA) is 59.6 Å². The van der Waals surface area contributed by atoms with Crippen LogP contribution in [0.25, 0.3) is 0 Å². The molecular weight excluding hydrogens is 481 g/mol. The van der Waals surface area contributed by atoms with Crippen LogP contribution in [0.4, 0.5) is 5.69 Å². The Kier molecular flexibility index (Phi) is 8.02. The van der Waals surface area contributed by atoms with Crippen LogP contribution in [-0.2, 0) is 5.41 Å². The average molecular weight is 504 g/mol. The molecule has 24 heavy (non-hydrogen) atoms. The average Bonchev–Trinajstić information content (AvgIpc) is 2.54. The fourth-order valence-corrected chi connectivity index (χ4v) is 2.40. The van der Waals surface area contributed by atoms with Gasteiger partial charge in [-0.1, -0.05) is 41.9 Å². The number of rotatable bonds is 5. The van der Waals surface area contributed by atoms with Crippen LogP contribution in [0.1, 0.15) is 19.4 Å². The maximum absolute atomic E-state index is 5.99.